The van der Waals surface area contributed by atoms with Gasteiger partial charge in [-0.2, -0.15) is 0 Å². The van der Waals surface area contributed by atoms with Crippen molar-refractivity contribution in [2.24, 2.45) is 0 Å². The van der Waals surface area contributed by atoms with E-state index in [1.807, 2.05) is 26.0 Å². The van der Waals surface area contributed by atoms with Gasteiger partial charge in [-0.1, -0.05) is 34.1 Å². The summed E-state index contributed by atoms with van der Waals surface area (Å²) in [6.07, 6.45) is 0. The molecular formula is C15H16BrNO3S. The van der Waals surface area contributed by atoms with Crippen molar-refractivity contribution in [2.45, 2.75) is 18.7 Å². The first-order valence-corrected chi connectivity index (χ1v) is 8.72. The molecule has 0 aromatic heterocycles. The van der Waals surface area contributed by atoms with E-state index in [2.05, 4.69) is 20.7 Å². The number of hydrogen-bond acceptors (Lipinski definition) is 3. The zero-order chi connectivity index (χ0) is 15.5. The number of rotatable bonds is 5. The molecule has 6 heteroatoms. The van der Waals surface area contributed by atoms with E-state index < -0.39 is 10.0 Å². The van der Waals surface area contributed by atoms with Crippen molar-refractivity contribution >= 4 is 31.6 Å². The maximum Gasteiger partial charge on any atom is 0.265 e. The molecular weight excluding hydrogens is 354 g/mol. The van der Waals surface area contributed by atoms with E-state index in [9.17, 15) is 8.42 Å². The lowest BCUT2D eigenvalue weighted by Crippen LogP contribution is -2.15. The highest BCUT2D eigenvalue weighted by molar-refractivity contribution is 9.10. The molecule has 0 atom stereocenters. The maximum atomic E-state index is 12.6. The summed E-state index contributed by atoms with van der Waals surface area (Å²) >= 11 is 3.29. The summed E-state index contributed by atoms with van der Waals surface area (Å²) in [7, 11) is -3.72. The molecule has 0 aliphatic rings. The fraction of sp³-hybridized carbons (Fsp3) is 0.200. The monoisotopic (exact) mass is 369 g/mol. The summed E-state index contributed by atoms with van der Waals surface area (Å²) in [5.41, 5.74) is 1.41. The average Bonchev–Trinajstić information content (AvgIpc) is 2.43. The Kier molecular flexibility index (Phi) is 4.90. The lowest BCUT2D eigenvalue weighted by molar-refractivity contribution is 0.331. The molecule has 2 aromatic rings. The SMILES string of the molecule is CCOc1ccc(Br)cc1S(=O)(=O)Nc1ccccc1C. The minimum Gasteiger partial charge on any atom is -0.492 e. The lowest BCUT2D eigenvalue weighted by atomic mass is 10.2. The van der Waals surface area contributed by atoms with Crippen LogP contribution in [0.15, 0.2) is 51.8 Å². The highest BCUT2D eigenvalue weighted by Crippen LogP contribution is 2.29. The van der Waals surface area contributed by atoms with Gasteiger partial charge in [0.05, 0.1) is 12.3 Å². The summed E-state index contributed by atoms with van der Waals surface area (Å²) in [6.45, 7) is 4.06. The van der Waals surface area contributed by atoms with E-state index in [-0.39, 0.29) is 4.90 Å². The maximum absolute atomic E-state index is 12.6. The van der Waals surface area contributed by atoms with E-state index in [4.69, 9.17) is 4.74 Å². The molecule has 0 aliphatic carbocycles. The van der Waals surface area contributed by atoms with Gasteiger partial charge in [0.1, 0.15) is 10.6 Å². The largest absolute Gasteiger partial charge is 0.492 e. The van der Waals surface area contributed by atoms with Crippen molar-refractivity contribution in [3.8, 4) is 5.75 Å². The molecule has 1 N–H and O–H groups in total. The number of hydrogen-bond donors (Lipinski definition) is 1. The van der Waals surface area contributed by atoms with Crippen molar-refractivity contribution in [3.05, 3.63) is 52.5 Å². The Morgan fingerprint density at radius 1 is 1.19 bits per heavy atom. The average molecular weight is 370 g/mol. The zero-order valence-electron chi connectivity index (χ0n) is 11.8. The highest BCUT2D eigenvalue weighted by atomic mass is 79.9. The highest BCUT2D eigenvalue weighted by Gasteiger charge is 2.20. The smallest absolute Gasteiger partial charge is 0.265 e. The van der Waals surface area contributed by atoms with Gasteiger partial charge < -0.3 is 4.74 Å². The van der Waals surface area contributed by atoms with Crippen LogP contribution in [0.2, 0.25) is 0 Å². The molecule has 2 rings (SSSR count). The number of benzene rings is 2. The van der Waals surface area contributed by atoms with Crippen LogP contribution in [0.3, 0.4) is 0 Å². The van der Waals surface area contributed by atoms with Crippen molar-refractivity contribution in [2.75, 3.05) is 11.3 Å². The van der Waals surface area contributed by atoms with E-state index in [0.29, 0.717) is 22.5 Å². The number of halogens is 1. The quantitative estimate of drug-likeness (QED) is 0.867. The molecule has 0 radical (unpaired) electrons. The lowest BCUT2D eigenvalue weighted by Gasteiger charge is -2.14. The van der Waals surface area contributed by atoms with Crippen molar-refractivity contribution < 1.29 is 13.2 Å². The van der Waals surface area contributed by atoms with Gasteiger partial charge in [0.25, 0.3) is 10.0 Å². The van der Waals surface area contributed by atoms with Crippen molar-refractivity contribution in [3.63, 3.8) is 0 Å². The van der Waals surface area contributed by atoms with Gasteiger partial charge in [0, 0.05) is 4.47 Å². The number of para-hydroxylation sites is 1. The molecule has 0 saturated carbocycles. The number of sulfonamides is 1. The summed E-state index contributed by atoms with van der Waals surface area (Å²) < 4.78 is 33.9. The minimum atomic E-state index is -3.72. The van der Waals surface area contributed by atoms with Crippen LogP contribution >= 0.6 is 15.9 Å². The van der Waals surface area contributed by atoms with Gasteiger partial charge in [-0.3, -0.25) is 4.72 Å². The van der Waals surface area contributed by atoms with Gasteiger partial charge >= 0.3 is 0 Å². The first-order chi connectivity index (χ1) is 9.94. The van der Waals surface area contributed by atoms with Crippen LogP contribution in [0, 0.1) is 6.92 Å². The Labute approximate surface area is 133 Å². The van der Waals surface area contributed by atoms with Crippen LogP contribution in [-0.4, -0.2) is 15.0 Å². The second-order valence-corrected chi connectivity index (χ2v) is 7.01. The second kappa shape index (κ2) is 6.49. The normalized spacial score (nSPS) is 11.2. The van der Waals surface area contributed by atoms with Crippen LogP contribution in [0.5, 0.6) is 5.75 Å². The molecule has 0 unspecified atom stereocenters. The third-order valence-corrected chi connectivity index (χ3v) is 4.76. The van der Waals surface area contributed by atoms with E-state index in [1.54, 1.807) is 24.3 Å². The summed E-state index contributed by atoms with van der Waals surface area (Å²) in [4.78, 5) is 0.113. The van der Waals surface area contributed by atoms with Crippen molar-refractivity contribution in [1.29, 1.82) is 0 Å². The van der Waals surface area contributed by atoms with Gasteiger partial charge in [-0.25, -0.2) is 8.42 Å². The molecule has 112 valence electrons. The Hall–Kier alpha value is -1.53. The number of nitrogens with one attached hydrogen (secondary N) is 1. The first kappa shape index (κ1) is 15.9. The van der Waals surface area contributed by atoms with Crippen molar-refractivity contribution in [1.82, 2.24) is 0 Å². The standard InChI is InChI=1S/C15H16BrNO3S/c1-3-20-14-9-8-12(16)10-15(14)21(18,19)17-13-7-5-4-6-11(13)2/h4-10,17H,3H2,1-2H3. The second-order valence-electron chi connectivity index (χ2n) is 4.44. The molecule has 0 bridgehead atoms. The van der Waals surface area contributed by atoms with Gasteiger partial charge in [0.2, 0.25) is 0 Å². The molecule has 2 aromatic carbocycles. The van der Waals surface area contributed by atoms with Crippen LogP contribution < -0.4 is 9.46 Å². The Balaban J connectivity index is 2.44. The number of ether oxygens (including phenoxy) is 1. The first-order valence-electron chi connectivity index (χ1n) is 6.45. The summed E-state index contributed by atoms with van der Waals surface area (Å²) in [5, 5.41) is 0. The molecule has 0 heterocycles. The topological polar surface area (TPSA) is 55.4 Å². The number of aryl methyl sites for hydroxylation is 1. The van der Waals surface area contributed by atoms with Crippen LogP contribution in [0.4, 0.5) is 5.69 Å². The minimum absolute atomic E-state index is 0.113. The molecule has 0 fully saturated rings. The molecule has 0 spiro atoms. The Morgan fingerprint density at radius 3 is 2.57 bits per heavy atom. The predicted molar refractivity (Wildman–Crippen MR) is 87.3 cm³/mol. The number of anilines is 1. The fourth-order valence-electron chi connectivity index (χ4n) is 1.85. The summed E-state index contributed by atoms with van der Waals surface area (Å²) in [6, 6.07) is 12.1. The Bertz CT molecular complexity index is 744. The third-order valence-electron chi connectivity index (χ3n) is 2.88. The van der Waals surface area contributed by atoms with E-state index in [0.717, 1.165) is 5.56 Å². The molecule has 0 amide bonds. The van der Waals surface area contributed by atoms with Gasteiger partial charge in [0.15, 0.2) is 0 Å². The van der Waals surface area contributed by atoms with E-state index >= 15 is 0 Å². The molecule has 4 nitrogen and oxygen atoms in total. The predicted octanol–water partition coefficient (Wildman–Crippen LogP) is 3.96. The zero-order valence-corrected chi connectivity index (χ0v) is 14.2. The molecule has 21 heavy (non-hydrogen) atoms. The van der Waals surface area contributed by atoms with Crippen LogP contribution in [0.1, 0.15) is 12.5 Å². The van der Waals surface area contributed by atoms with Crippen LogP contribution in [-0.2, 0) is 10.0 Å². The molecule has 0 saturated heterocycles. The van der Waals surface area contributed by atoms with Gasteiger partial charge in [-0.15, -0.1) is 0 Å². The van der Waals surface area contributed by atoms with Gasteiger partial charge in [-0.05, 0) is 43.7 Å². The van der Waals surface area contributed by atoms with Crippen LogP contribution in [0.25, 0.3) is 0 Å². The third kappa shape index (κ3) is 3.77. The summed E-state index contributed by atoms with van der Waals surface area (Å²) in [5.74, 6) is 0.335. The Morgan fingerprint density at radius 2 is 1.90 bits per heavy atom. The fourth-order valence-corrected chi connectivity index (χ4v) is 3.67. The molecule has 0 aliphatic heterocycles. The van der Waals surface area contributed by atoms with E-state index in [1.165, 1.54) is 6.07 Å².